The molecule has 1 saturated heterocycles. The Bertz CT molecular complexity index is 1030. The maximum atomic E-state index is 11.1. The van der Waals surface area contributed by atoms with Gasteiger partial charge in [-0.15, -0.1) is 0 Å². The molecule has 1 aromatic carbocycles. The number of aryl methyl sites for hydroxylation is 1. The second-order valence-corrected chi connectivity index (χ2v) is 7.68. The standard InChI is InChI=1S/C20H23ClN6O2/c1-15-23-14-20(27(28)29)26(15)8-2-7-24-9-11-25(12-10-24)19-5-6-22-18-13-16(21)3-4-17(18)19/h3-6,13-14H,2,7-12H2,1H3. The molecule has 1 aliphatic heterocycles. The van der Waals surface area contributed by atoms with Gasteiger partial charge in [-0.3, -0.25) is 9.88 Å². The Morgan fingerprint density at radius 2 is 1.93 bits per heavy atom. The number of anilines is 1. The van der Waals surface area contributed by atoms with Gasteiger partial charge in [0, 0.05) is 61.9 Å². The van der Waals surface area contributed by atoms with Crippen LogP contribution in [0.5, 0.6) is 0 Å². The van der Waals surface area contributed by atoms with E-state index in [1.165, 1.54) is 11.9 Å². The van der Waals surface area contributed by atoms with Crippen LogP contribution in [0.25, 0.3) is 10.9 Å². The number of halogens is 1. The Hall–Kier alpha value is -2.71. The first kappa shape index (κ1) is 19.6. The number of rotatable bonds is 6. The molecule has 4 rings (SSSR count). The summed E-state index contributed by atoms with van der Waals surface area (Å²) in [6, 6.07) is 7.90. The summed E-state index contributed by atoms with van der Waals surface area (Å²) < 4.78 is 1.69. The Kier molecular flexibility index (Phi) is 5.64. The van der Waals surface area contributed by atoms with Crippen molar-refractivity contribution in [2.45, 2.75) is 19.9 Å². The van der Waals surface area contributed by atoms with Gasteiger partial charge in [-0.05, 0) is 35.6 Å². The van der Waals surface area contributed by atoms with E-state index in [1.54, 1.807) is 11.5 Å². The van der Waals surface area contributed by atoms with Gasteiger partial charge in [-0.1, -0.05) is 11.6 Å². The summed E-state index contributed by atoms with van der Waals surface area (Å²) in [6.07, 6.45) is 4.02. The van der Waals surface area contributed by atoms with Crippen LogP contribution in [0.2, 0.25) is 5.02 Å². The van der Waals surface area contributed by atoms with Gasteiger partial charge >= 0.3 is 5.82 Å². The minimum absolute atomic E-state index is 0.0667. The number of piperazine rings is 1. The lowest BCUT2D eigenvalue weighted by Crippen LogP contribution is -2.46. The van der Waals surface area contributed by atoms with E-state index >= 15 is 0 Å². The average Bonchev–Trinajstić information content (AvgIpc) is 3.09. The second kappa shape index (κ2) is 8.34. The van der Waals surface area contributed by atoms with Gasteiger partial charge in [-0.25, -0.2) is 9.55 Å². The fourth-order valence-corrected chi connectivity index (χ4v) is 4.09. The number of hydrogen-bond acceptors (Lipinski definition) is 6. The van der Waals surface area contributed by atoms with E-state index in [0.29, 0.717) is 17.4 Å². The number of imidazole rings is 1. The highest BCUT2D eigenvalue weighted by Crippen LogP contribution is 2.28. The molecule has 0 saturated carbocycles. The highest BCUT2D eigenvalue weighted by Gasteiger charge is 2.20. The molecule has 3 aromatic rings. The summed E-state index contributed by atoms with van der Waals surface area (Å²) in [7, 11) is 0. The molecule has 0 atom stereocenters. The van der Waals surface area contributed by atoms with Crippen LogP contribution in [-0.2, 0) is 6.54 Å². The number of fused-ring (bicyclic) bond motifs is 1. The minimum atomic E-state index is -0.370. The maximum absolute atomic E-state index is 11.1. The number of hydrogen-bond donors (Lipinski definition) is 0. The van der Waals surface area contributed by atoms with Gasteiger partial charge in [0.2, 0.25) is 0 Å². The zero-order valence-corrected chi connectivity index (χ0v) is 17.0. The SMILES string of the molecule is Cc1ncc([N+](=O)[O-])n1CCCN1CCN(c2ccnc3cc(Cl)ccc23)CC1. The Balaban J connectivity index is 1.34. The summed E-state index contributed by atoms with van der Waals surface area (Å²) in [5.41, 5.74) is 2.10. The van der Waals surface area contributed by atoms with Gasteiger partial charge in [0.1, 0.15) is 6.20 Å². The molecular formula is C20H23ClN6O2. The largest absolute Gasteiger partial charge is 0.368 e. The third kappa shape index (κ3) is 4.18. The Labute approximate surface area is 173 Å². The highest BCUT2D eigenvalue weighted by atomic mass is 35.5. The summed E-state index contributed by atoms with van der Waals surface area (Å²) in [5.74, 6) is 0.753. The van der Waals surface area contributed by atoms with Gasteiger partial charge in [0.25, 0.3) is 0 Å². The van der Waals surface area contributed by atoms with Crippen LogP contribution < -0.4 is 4.90 Å². The lowest BCUT2D eigenvalue weighted by molar-refractivity contribution is -0.392. The van der Waals surface area contributed by atoms with Gasteiger partial charge in [0.05, 0.1) is 12.1 Å². The van der Waals surface area contributed by atoms with E-state index < -0.39 is 0 Å². The van der Waals surface area contributed by atoms with Crippen LogP contribution >= 0.6 is 11.6 Å². The number of nitrogens with zero attached hydrogens (tertiary/aromatic N) is 6. The molecule has 0 spiro atoms. The van der Waals surface area contributed by atoms with Crippen molar-refractivity contribution in [3.8, 4) is 0 Å². The monoisotopic (exact) mass is 414 g/mol. The molecule has 29 heavy (non-hydrogen) atoms. The van der Waals surface area contributed by atoms with Crippen LogP contribution in [0.4, 0.5) is 11.5 Å². The first-order chi connectivity index (χ1) is 14.0. The lowest BCUT2D eigenvalue weighted by Gasteiger charge is -2.36. The number of benzene rings is 1. The molecule has 1 aliphatic rings. The van der Waals surface area contributed by atoms with Gasteiger partial charge in [0.15, 0.2) is 5.82 Å². The topological polar surface area (TPSA) is 80.3 Å². The highest BCUT2D eigenvalue weighted by molar-refractivity contribution is 6.31. The fraction of sp³-hybridized carbons (Fsp3) is 0.400. The number of aromatic nitrogens is 3. The molecule has 0 bridgehead atoms. The predicted octanol–water partition coefficient (Wildman–Crippen LogP) is 3.51. The van der Waals surface area contributed by atoms with Crippen molar-refractivity contribution in [3.05, 3.63) is 57.6 Å². The summed E-state index contributed by atoms with van der Waals surface area (Å²) in [5, 5.41) is 12.9. The van der Waals surface area contributed by atoms with E-state index in [-0.39, 0.29) is 10.7 Å². The van der Waals surface area contributed by atoms with E-state index in [2.05, 4.69) is 25.8 Å². The smallest absolute Gasteiger partial charge is 0.342 e. The van der Waals surface area contributed by atoms with Crippen molar-refractivity contribution in [1.29, 1.82) is 0 Å². The molecule has 0 N–H and O–H groups in total. The summed E-state index contributed by atoms with van der Waals surface area (Å²) in [4.78, 5) is 24.0. The molecule has 9 heteroatoms. The molecule has 2 aromatic heterocycles. The molecule has 1 fully saturated rings. The first-order valence-electron chi connectivity index (χ1n) is 9.71. The Morgan fingerprint density at radius 3 is 2.69 bits per heavy atom. The van der Waals surface area contributed by atoms with Crippen molar-refractivity contribution in [2.24, 2.45) is 0 Å². The molecule has 8 nitrogen and oxygen atoms in total. The van der Waals surface area contributed by atoms with E-state index in [9.17, 15) is 10.1 Å². The second-order valence-electron chi connectivity index (χ2n) is 7.25. The van der Waals surface area contributed by atoms with Crippen LogP contribution in [0.3, 0.4) is 0 Å². The Morgan fingerprint density at radius 1 is 1.14 bits per heavy atom. The van der Waals surface area contributed by atoms with Crippen LogP contribution in [0, 0.1) is 17.0 Å². The maximum Gasteiger partial charge on any atom is 0.342 e. The van der Waals surface area contributed by atoms with Crippen molar-refractivity contribution >= 4 is 34.0 Å². The van der Waals surface area contributed by atoms with Crippen LogP contribution in [0.1, 0.15) is 12.2 Å². The van der Waals surface area contributed by atoms with Crippen molar-refractivity contribution < 1.29 is 4.92 Å². The quantitative estimate of drug-likeness (QED) is 0.453. The van der Waals surface area contributed by atoms with Gasteiger partial charge in [-0.2, -0.15) is 0 Å². The van der Waals surface area contributed by atoms with Gasteiger partial charge < -0.3 is 15.0 Å². The molecule has 3 heterocycles. The van der Waals surface area contributed by atoms with E-state index in [4.69, 9.17) is 11.6 Å². The molecule has 0 unspecified atom stereocenters. The summed E-state index contributed by atoms with van der Waals surface area (Å²) >= 11 is 6.09. The average molecular weight is 415 g/mol. The predicted molar refractivity (Wildman–Crippen MR) is 114 cm³/mol. The molecular weight excluding hydrogens is 392 g/mol. The molecule has 0 radical (unpaired) electrons. The lowest BCUT2D eigenvalue weighted by atomic mass is 10.1. The van der Waals surface area contributed by atoms with Crippen molar-refractivity contribution in [3.63, 3.8) is 0 Å². The molecule has 0 aliphatic carbocycles. The minimum Gasteiger partial charge on any atom is -0.368 e. The third-order valence-corrected chi connectivity index (χ3v) is 5.71. The number of pyridine rings is 1. The van der Waals surface area contributed by atoms with Crippen molar-refractivity contribution in [2.75, 3.05) is 37.6 Å². The van der Waals surface area contributed by atoms with Crippen LogP contribution in [-0.4, -0.2) is 57.1 Å². The van der Waals surface area contributed by atoms with Crippen LogP contribution in [0.15, 0.2) is 36.7 Å². The fourth-order valence-electron chi connectivity index (χ4n) is 3.93. The normalized spacial score (nSPS) is 15.2. The zero-order chi connectivity index (χ0) is 20.4. The first-order valence-corrected chi connectivity index (χ1v) is 10.1. The number of nitro groups is 1. The summed E-state index contributed by atoms with van der Waals surface area (Å²) in [6.45, 7) is 7.12. The zero-order valence-electron chi connectivity index (χ0n) is 16.3. The molecule has 0 amide bonds. The van der Waals surface area contributed by atoms with E-state index in [1.807, 2.05) is 24.4 Å². The molecule has 152 valence electrons. The third-order valence-electron chi connectivity index (χ3n) is 5.47. The van der Waals surface area contributed by atoms with E-state index in [0.717, 1.165) is 50.0 Å². The van der Waals surface area contributed by atoms with Crippen molar-refractivity contribution in [1.82, 2.24) is 19.4 Å².